The van der Waals surface area contributed by atoms with E-state index in [1.807, 2.05) is 80.6 Å². The Hall–Kier alpha value is -4.32. The molecule has 12 heteroatoms. The lowest BCUT2D eigenvalue weighted by Gasteiger charge is -2.32. The van der Waals surface area contributed by atoms with Gasteiger partial charge in [0.1, 0.15) is 30.5 Å². The SMILES string of the molecule is CC(C)[C@@H](N)CON=C(N)c1ccc(OCCCC2CCN(CCCOc3ccc(C(N)=NC(=O)OCc4ccccc4)cc3)CC2)cc1.Cl. The Morgan fingerprint density at radius 2 is 1.42 bits per heavy atom. The van der Waals surface area contributed by atoms with Gasteiger partial charge in [-0.25, -0.2) is 4.79 Å². The van der Waals surface area contributed by atoms with Gasteiger partial charge in [-0.15, -0.1) is 12.4 Å². The summed E-state index contributed by atoms with van der Waals surface area (Å²) in [4.78, 5) is 23.7. The number of amidine groups is 2. The van der Waals surface area contributed by atoms with Crippen LogP contribution in [0.25, 0.3) is 0 Å². The van der Waals surface area contributed by atoms with E-state index < -0.39 is 6.09 Å². The van der Waals surface area contributed by atoms with Gasteiger partial charge in [-0.2, -0.15) is 4.99 Å². The highest BCUT2D eigenvalue weighted by atomic mass is 35.5. The number of hydrogen-bond donors (Lipinski definition) is 3. The third-order valence-corrected chi connectivity index (χ3v) is 8.62. The van der Waals surface area contributed by atoms with E-state index in [1.165, 1.54) is 19.3 Å². The zero-order chi connectivity index (χ0) is 34.8. The number of carbonyl (C=O) groups excluding carboxylic acids is 1. The van der Waals surface area contributed by atoms with Crippen molar-refractivity contribution in [2.45, 2.75) is 58.6 Å². The minimum atomic E-state index is -0.721. The van der Waals surface area contributed by atoms with Crippen LogP contribution in [0.2, 0.25) is 0 Å². The lowest BCUT2D eigenvalue weighted by molar-refractivity contribution is 0.118. The molecule has 4 rings (SSSR count). The highest BCUT2D eigenvalue weighted by Gasteiger charge is 2.18. The van der Waals surface area contributed by atoms with Crippen molar-refractivity contribution >= 4 is 30.2 Å². The molecule has 1 amide bonds. The number of benzene rings is 3. The number of piperidine rings is 1. The summed E-state index contributed by atoms with van der Waals surface area (Å²) in [7, 11) is 0. The monoisotopic (exact) mass is 708 g/mol. The van der Waals surface area contributed by atoms with E-state index in [-0.39, 0.29) is 30.9 Å². The molecule has 3 aromatic carbocycles. The quantitative estimate of drug-likeness (QED) is 0.0613. The van der Waals surface area contributed by atoms with Gasteiger partial charge in [0.2, 0.25) is 0 Å². The summed E-state index contributed by atoms with van der Waals surface area (Å²) in [6.07, 6.45) is 4.85. The third-order valence-electron chi connectivity index (χ3n) is 8.62. The molecule has 0 unspecified atom stereocenters. The van der Waals surface area contributed by atoms with Crippen LogP contribution in [0, 0.1) is 11.8 Å². The zero-order valence-electron chi connectivity index (χ0n) is 29.2. The average molecular weight is 709 g/mol. The Kier molecular flexibility index (Phi) is 17.4. The van der Waals surface area contributed by atoms with E-state index in [4.69, 9.17) is 36.2 Å². The standard InChI is InChI=1S/C38H52N6O5.ClH/c1-28(2)35(39)27-49-43-37(41)32-13-17-33(18-14-32)46-24-6-10-29-19-22-44(23-20-29)21-7-25-47-34-15-11-31(12-16-34)36(40)42-38(45)48-26-30-8-4-3-5-9-30;/h3-5,8-9,11-18,28-29,35H,6-7,10,19-27,39H2,1-2H3,(H2,41,43)(H2,40,42,45);1H/t35-;/m0./s1. The first-order valence-corrected chi connectivity index (χ1v) is 17.2. The number of oxime groups is 1. The maximum Gasteiger partial charge on any atom is 0.435 e. The van der Waals surface area contributed by atoms with Gasteiger partial charge in [-0.3, -0.25) is 0 Å². The molecular weight excluding hydrogens is 656 g/mol. The fourth-order valence-electron chi connectivity index (χ4n) is 5.34. The van der Waals surface area contributed by atoms with Crippen LogP contribution in [0.3, 0.4) is 0 Å². The van der Waals surface area contributed by atoms with Gasteiger partial charge in [-0.1, -0.05) is 49.3 Å². The summed E-state index contributed by atoms with van der Waals surface area (Å²) in [6.45, 7) is 9.13. The Morgan fingerprint density at radius 1 is 0.840 bits per heavy atom. The lowest BCUT2D eigenvalue weighted by atomic mass is 9.92. The first kappa shape index (κ1) is 40.1. The molecule has 3 aromatic rings. The largest absolute Gasteiger partial charge is 0.494 e. The van der Waals surface area contributed by atoms with E-state index in [9.17, 15) is 4.79 Å². The first-order chi connectivity index (χ1) is 23.8. The molecule has 0 aliphatic carbocycles. The predicted octanol–water partition coefficient (Wildman–Crippen LogP) is 6.11. The maximum absolute atomic E-state index is 12.0. The summed E-state index contributed by atoms with van der Waals surface area (Å²) in [5.74, 6) is 3.05. The average Bonchev–Trinajstić information content (AvgIpc) is 3.12. The summed E-state index contributed by atoms with van der Waals surface area (Å²) >= 11 is 0. The molecule has 0 aromatic heterocycles. The smallest absolute Gasteiger partial charge is 0.435 e. The maximum atomic E-state index is 12.0. The molecular formula is C38H53ClN6O5. The van der Waals surface area contributed by atoms with Crippen LogP contribution in [0.4, 0.5) is 4.79 Å². The van der Waals surface area contributed by atoms with Gasteiger partial charge in [0.05, 0.1) is 13.2 Å². The normalized spacial score (nSPS) is 14.9. The van der Waals surface area contributed by atoms with Crippen molar-refractivity contribution in [2.24, 2.45) is 39.2 Å². The molecule has 1 aliphatic heterocycles. The van der Waals surface area contributed by atoms with E-state index in [0.717, 1.165) is 61.0 Å². The van der Waals surface area contributed by atoms with Crippen LogP contribution < -0.4 is 26.7 Å². The summed E-state index contributed by atoms with van der Waals surface area (Å²) < 4.78 is 17.1. The van der Waals surface area contributed by atoms with Crippen LogP contribution in [0.1, 0.15) is 62.6 Å². The van der Waals surface area contributed by atoms with Gasteiger partial charge < -0.3 is 41.1 Å². The Labute approximate surface area is 302 Å². The molecule has 1 heterocycles. The van der Waals surface area contributed by atoms with Crippen molar-refractivity contribution in [1.29, 1.82) is 0 Å². The minimum absolute atomic E-state index is 0. The van der Waals surface area contributed by atoms with E-state index >= 15 is 0 Å². The number of amides is 1. The summed E-state index contributed by atoms with van der Waals surface area (Å²) in [5.41, 5.74) is 20.3. The second-order valence-electron chi connectivity index (χ2n) is 12.7. The van der Waals surface area contributed by atoms with Gasteiger partial charge in [0.15, 0.2) is 5.84 Å². The van der Waals surface area contributed by atoms with Crippen molar-refractivity contribution in [3.63, 3.8) is 0 Å². The van der Waals surface area contributed by atoms with Crippen LogP contribution in [0.5, 0.6) is 11.5 Å². The molecule has 0 radical (unpaired) electrons. The minimum Gasteiger partial charge on any atom is -0.494 e. The molecule has 0 saturated carbocycles. The number of carbonyl (C=O) groups is 1. The van der Waals surface area contributed by atoms with Crippen molar-refractivity contribution in [2.75, 3.05) is 39.5 Å². The second kappa shape index (κ2) is 21.7. The molecule has 1 aliphatic rings. The van der Waals surface area contributed by atoms with E-state index in [2.05, 4.69) is 15.0 Å². The van der Waals surface area contributed by atoms with Gasteiger partial charge >= 0.3 is 6.09 Å². The van der Waals surface area contributed by atoms with E-state index in [1.54, 1.807) is 12.1 Å². The topological polar surface area (TPSA) is 160 Å². The predicted molar refractivity (Wildman–Crippen MR) is 201 cm³/mol. The molecule has 0 bridgehead atoms. The number of rotatable bonds is 18. The van der Waals surface area contributed by atoms with Gasteiger partial charge in [0.25, 0.3) is 0 Å². The molecule has 0 spiro atoms. The number of halogens is 1. The zero-order valence-corrected chi connectivity index (χ0v) is 30.1. The van der Waals surface area contributed by atoms with Crippen molar-refractivity contribution in [3.8, 4) is 11.5 Å². The number of ether oxygens (including phenoxy) is 3. The first-order valence-electron chi connectivity index (χ1n) is 17.2. The van der Waals surface area contributed by atoms with Crippen LogP contribution in [0.15, 0.2) is 89.0 Å². The van der Waals surface area contributed by atoms with Gasteiger partial charge in [0, 0.05) is 23.7 Å². The van der Waals surface area contributed by atoms with Crippen LogP contribution in [-0.2, 0) is 16.2 Å². The lowest BCUT2D eigenvalue weighted by Crippen LogP contribution is -2.35. The second-order valence-corrected chi connectivity index (χ2v) is 12.7. The number of nitrogens with zero attached hydrogens (tertiary/aromatic N) is 3. The van der Waals surface area contributed by atoms with Crippen molar-refractivity contribution in [3.05, 3.63) is 95.6 Å². The molecule has 1 fully saturated rings. The van der Waals surface area contributed by atoms with Crippen LogP contribution >= 0.6 is 12.4 Å². The highest BCUT2D eigenvalue weighted by Crippen LogP contribution is 2.23. The van der Waals surface area contributed by atoms with Crippen molar-refractivity contribution < 1.29 is 23.8 Å². The number of likely N-dealkylation sites (tertiary alicyclic amines) is 1. The van der Waals surface area contributed by atoms with Crippen molar-refractivity contribution in [1.82, 2.24) is 4.90 Å². The number of aliphatic imine (C=N–C) groups is 1. The number of hydrogen-bond acceptors (Lipinski definition) is 8. The fourth-order valence-corrected chi connectivity index (χ4v) is 5.34. The summed E-state index contributed by atoms with van der Waals surface area (Å²) in [5, 5.41) is 3.98. The summed E-state index contributed by atoms with van der Waals surface area (Å²) in [6, 6.07) is 24.2. The molecule has 272 valence electrons. The molecule has 50 heavy (non-hydrogen) atoms. The molecule has 1 atom stereocenters. The Balaban J connectivity index is 0.00000676. The van der Waals surface area contributed by atoms with Crippen LogP contribution in [-0.4, -0.2) is 68.2 Å². The molecule has 11 nitrogen and oxygen atoms in total. The number of nitrogens with two attached hydrogens (primary N) is 3. The highest BCUT2D eigenvalue weighted by molar-refractivity contribution is 6.02. The fraction of sp³-hybridized carbons (Fsp3) is 0.447. The Bertz CT molecular complexity index is 1460. The molecule has 1 saturated heterocycles. The third kappa shape index (κ3) is 14.3. The molecule has 6 N–H and O–H groups in total. The van der Waals surface area contributed by atoms with Gasteiger partial charge in [-0.05, 0) is 111 Å². The Morgan fingerprint density at radius 3 is 2.02 bits per heavy atom. The van der Waals surface area contributed by atoms with E-state index in [0.29, 0.717) is 37.1 Å².